The van der Waals surface area contributed by atoms with Gasteiger partial charge < -0.3 is 24.5 Å². The van der Waals surface area contributed by atoms with Crippen LogP contribution in [-0.4, -0.2) is 42.3 Å². The topological polar surface area (TPSA) is 124 Å². The number of nitrogens with one attached hydrogen (secondary N) is 2. The lowest BCUT2D eigenvalue weighted by Crippen LogP contribution is -2.59. The Morgan fingerprint density at radius 2 is 1.74 bits per heavy atom. The molecule has 10 heteroatoms. The van der Waals surface area contributed by atoms with Crippen LogP contribution in [0.4, 0.5) is 0 Å². The molecule has 194 valence electrons. The number of aromatic nitrogens is 1. The SMILES string of the molecule is COc1cc(OC)c2c(c1Cl)O[C@@]1(C(=O)C3=C(C[C@H]1C)NC(=O)C[C@@H]3c1cc3ccccc3[nH]c1=O)C2=O. The van der Waals surface area contributed by atoms with Crippen molar-refractivity contribution >= 4 is 40.0 Å². The van der Waals surface area contributed by atoms with Crippen molar-refractivity contribution in [3.05, 3.63) is 74.2 Å². The number of amides is 1. The molecule has 0 saturated heterocycles. The number of carbonyl (C=O) groups excluding carboxylic acids is 3. The number of ketones is 2. The fraction of sp³-hybridized carbons (Fsp3) is 0.286. The molecule has 3 aliphatic rings. The van der Waals surface area contributed by atoms with Crippen molar-refractivity contribution < 1.29 is 28.6 Å². The third kappa shape index (κ3) is 3.18. The van der Waals surface area contributed by atoms with Gasteiger partial charge in [0.1, 0.15) is 22.1 Å². The van der Waals surface area contributed by atoms with Gasteiger partial charge in [0.05, 0.1) is 14.2 Å². The first-order valence-corrected chi connectivity index (χ1v) is 12.5. The van der Waals surface area contributed by atoms with Crippen LogP contribution in [0.1, 0.15) is 41.6 Å². The number of aromatic amines is 1. The smallest absolute Gasteiger partial charge is 0.252 e. The van der Waals surface area contributed by atoms with Gasteiger partial charge in [0.15, 0.2) is 5.75 Å². The minimum atomic E-state index is -1.94. The van der Waals surface area contributed by atoms with Crippen molar-refractivity contribution in [3.63, 3.8) is 0 Å². The number of methoxy groups -OCH3 is 2. The van der Waals surface area contributed by atoms with Crippen LogP contribution in [0, 0.1) is 5.92 Å². The summed E-state index contributed by atoms with van der Waals surface area (Å²) in [4.78, 5) is 57.2. The second kappa shape index (κ2) is 8.46. The molecule has 3 atom stereocenters. The second-order valence-corrected chi connectivity index (χ2v) is 10.1. The summed E-state index contributed by atoms with van der Waals surface area (Å²) < 4.78 is 17.0. The maximum Gasteiger partial charge on any atom is 0.252 e. The monoisotopic (exact) mass is 534 g/mol. The average molecular weight is 535 g/mol. The van der Waals surface area contributed by atoms with E-state index >= 15 is 0 Å². The summed E-state index contributed by atoms with van der Waals surface area (Å²) in [5.41, 5.74) is -0.805. The highest BCUT2D eigenvalue weighted by molar-refractivity contribution is 6.36. The highest BCUT2D eigenvalue weighted by Gasteiger charge is 2.63. The molecule has 1 aromatic heterocycles. The lowest BCUT2D eigenvalue weighted by Gasteiger charge is -2.41. The molecule has 0 radical (unpaired) electrons. The number of benzene rings is 2. The Kier molecular flexibility index (Phi) is 5.39. The third-order valence-electron chi connectivity index (χ3n) is 7.72. The summed E-state index contributed by atoms with van der Waals surface area (Å²) in [6.07, 6.45) is 0.0427. The molecule has 0 fully saturated rings. The highest BCUT2D eigenvalue weighted by atomic mass is 35.5. The lowest BCUT2D eigenvalue weighted by atomic mass is 9.66. The summed E-state index contributed by atoms with van der Waals surface area (Å²) in [5, 5.41) is 3.60. The van der Waals surface area contributed by atoms with E-state index in [1.54, 1.807) is 25.1 Å². The summed E-state index contributed by atoms with van der Waals surface area (Å²) in [7, 11) is 2.81. The summed E-state index contributed by atoms with van der Waals surface area (Å²) in [6.45, 7) is 1.71. The largest absolute Gasteiger partial charge is 0.496 e. The van der Waals surface area contributed by atoms with Crippen LogP contribution in [0.2, 0.25) is 5.02 Å². The van der Waals surface area contributed by atoms with Crippen LogP contribution in [0.15, 0.2) is 52.5 Å². The van der Waals surface area contributed by atoms with Crippen LogP contribution >= 0.6 is 11.6 Å². The standard InChI is InChI=1S/C28H23ClN2O7/c1-12-8-17-21(14(10-20(32)30-17)15-9-13-6-4-5-7-16(13)31-27(15)35)25(33)28(12)26(34)22-18(36-2)11-19(37-3)23(29)24(22)38-28/h4-7,9,11-12,14H,8,10H2,1-3H3,(H,30,32)(H,31,35)/t12-,14-,28+/m1/s1. The molecule has 0 unspecified atom stereocenters. The molecular formula is C28H23ClN2O7. The summed E-state index contributed by atoms with van der Waals surface area (Å²) in [6, 6.07) is 10.4. The number of allylic oxidation sites excluding steroid dienone is 1. The van der Waals surface area contributed by atoms with Gasteiger partial charge in [-0.25, -0.2) is 0 Å². The van der Waals surface area contributed by atoms with Crippen LogP contribution in [0.5, 0.6) is 17.2 Å². The first-order chi connectivity index (χ1) is 18.2. The molecule has 0 saturated carbocycles. The zero-order chi connectivity index (χ0) is 26.9. The number of Topliss-reactive ketones (excluding diaryl/α,β-unsaturated/α-hetero) is 2. The van der Waals surface area contributed by atoms with Gasteiger partial charge >= 0.3 is 0 Å². The second-order valence-electron chi connectivity index (χ2n) is 9.74. The van der Waals surface area contributed by atoms with Crippen molar-refractivity contribution in [1.29, 1.82) is 0 Å². The molecule has 9 nitrogen and oxygen atoms in total. The predicted molar refractivity (Wildman–Crippen MR) is 138 cm³/mol. The maximum absolute atomic E-state index is 14.4. The van der Waals surface area contributed by atoms with E-state index in [0.717, 1.165) is 5.39 Å². The number of fused-ring (bicyclic) bond motifs is 2. The number of rotatable bonds is 3. The molecule has 3 heterocycles. The molecule has 6 rings (SSSR count). The van der Waals surface area contributed by atoms with E-state index < -0.39 is 34.6 Å². The average Bonchev–Trinajstić information content (AvgIpc) is 3.21. The van der Waals surface area contributed by atoms with Gasteiger partial charge in [-0.15, -0.1) is 0 Å². The molecular weight excluding hydrogens is 512 g/mol. The van der Waals surface area contributed by atoms with Crippen LogP contribution in [-0.2, 0) is 9.59 Å². The Morgan fingerprint density at radius 3 is 2.47 bits per heavy atom. The van der Waals surface area contributed by atoms with E-state index in [2.05, 4.69) is 10.3 Å². The van der Waals surface area contributed by atoms with Crippen LogP contribution in [0.3, 0.4) is 0 Å². The van der Waals surface area contributed by atoms with E-state index in [-0.39, 0.29) is 57.7 Å². The molecule has 2 N–H and O–H groups in total. The Hall–Kier alpha value is -4.11. The molecule has 2 aromatic carbocycles. The van der Waals surface area contributed by atoms with Crippen molar-refractivity contribution in [2.75, 3.05) is 14.2 Å². The number of ether oxygens (including phenoxy) is 3. The number of hydrogen-bond acceptors (Lipinski definition) is 7. The fourth-order valence-electron chi connectivity index (χ4n) is 5.88. The third-order valence-corrected chi connectivity index (χ3v) is 8.07. The Labute approximate surface area is 221 Å². The Morgan fingerprint density at radius 1 is 1.00 bits per heavy atom. The van der Waals surface area contributed by atoms with E-state index in [1.807, 2.05) is 12.1 Å². The first-order valence-electron chi connectivity index (χ1n) is 12.1. The normalized spacial score (nSPS) is 24.3. The van der Waals surface area contributed by atoms with Gasteiger partial charge in [0.2, 0.25) is 23.1 Å². The molecule has 1 amide bonds. The van der Waals surface area contributed by atoms with Gasteiger partial charge in [-0.1, -0.05) is 36.7 Å². The maximum atomic E-state index is 14.4. The zero-order valence-electron chi connectivity index (χ0n) is 20.8. The number of carbonyl (C=O) groups is 3. The van der Waals surface area contributed by atoms with Gasteiger partial charge in [0, 0.05) is 46.7 Å². The number of hydrogen-bond donors (Lipinski definition) is 2. The number of H-pyrrole nitrogens is 1. The van der Waals surface area contributed by atoms with Crippen LogP contribution in [0.25, 0.3) is 10.9 Å². The zero-order valence-corrected chi connectivity index (χ0v) is 21.5. The summed E-state index contributed by atoms with van der Waals surface area (Å²) >= 11 is 6.52. The number of halogens is 1. The van der Waals surface area contributed by atoms with Gasteiger partial charge in [-0.05, 0) is 23.9 Å². The fourth-order valence-corrected chi connectivity index (χ4v) is 6.14. The summed E-state index contributed by atoms with van der Waals surface area (Å²) in [5.74, 6) is -2.62. The highest BCUT2D eigenvalue weighted by Crippen LogP contribution is 2.55. The Balaban J connectivity index is 1.53. The van der Waals surface area contributed by atoms with Crippen molar-refractivity contribution in [2.45, 2.75) is 31.3 Å². The Bertz CT molecular complexity index is 1670. The minimum Gasteiger partial charge on any atom is -0.496 e. The van der Waals surface area contributed by atoms with E-state index in [1.165, 1.54) is 20.3 Å². The van der Waals surface area contributed by atoms with Gasteiger partial charge in [0.25, 0.3) is 5.56 Å². The minimum absolute atomic E-state index is 0.0112. The van der Waals surface area contributed by atoms with Crippen molar-refractivity contribution in [1.82, 2.24) is 10.3 Å². The molecule has 1 aliphatic carbocycles. The lowest BCUT2D eigenvalue weighted by molar-refractivity contribution is -0.131. The molecule has 0 bridgehead atoms. The molecule has 3 aromatic rings. The number of pyridine rings is 1. The van der Waals surface area contributed by atoms with Crippen LogP contribution < -0.4 is 25.1 Å². The van der Waals surface area contributed by atoms with E-state index in [9.17, 15) is 19.2 Å². The van der Waals surface area contributed by atoms with Gasteiger partial charge in [-0.3, -0.25) is 19.2 Å². The van der Waals surface area contributed by atoms with Gasteiger partial charge in [-0.2, -0.15) is 0 Å². The van der Waals surface area contributed by atoms with E-state index in [4.69, 9.17) is 25.8 Å². The molecule has 38 heavy (non-hydrogen) atoms. The van der Waals surface area contributed by atoms with Crippen molar-refractivity contribution in [3.8, 4) is 17.2 Å². The van der Waals surface area contributed by atoms with E-state index in [0.29, 0.717) is 11.2 Å². The molecule has 1 spiro atoms. The quantitative estimate of drug-likeness (QED) is 0.491. The predicted octanol–water partition coefficient (Wildman–Crippen LogP) is 3.68. The molecule has 2 aliphatic heterocycles. The number of para-hydroxylation sites is 1. The first kappa shape index (κ1) is 24.2. The van der Waals surface area contributed by atoms with Crippen molar-refractivity contribution in [2.24, 2.45) is 5.92 Å².